The van der Waals surface area contributed by atoms with Gasteiger partial charge >= 0.3 is 0 Å². The van der Waals surface area contributed by atoms with Gasteiger partial charge in [0.05, 0.1) is 35.1 Å². The molecule has 0 radical (unpaired) electrons. The summed E-state index contributed by atoms with van der Waals surface area (Å²) < 4.78 is 72.2. The van der Waals surface area contributed by atoms with Gasteiger partial charge in [-0.2, -0.15) is 9.13 Å². The van der Waals surface area contributed by atoms with Crippen LogP contribution in [0.25, 0.3) is 33.2 Å². The molecule has 276 valence electrons. The van der Waals surface area contributed by atoms with Gasteiger partial charge in [0, 0.05) is 35.0 Å². The average molecular weight is 772 g/mol. The van der Waals surface area contributed by atoms with Crippen LogP contribution in [-0.4, -0.2) is 12.4 Å². The van der Waals surface area contributed by atoms with Gasteiger partial charge in [-0.1, -0.05) is 36.4 Å². The van der Waals surface area contributed by atoms with Gasteiger partial charge in [0.2, 0.25) is 22.4 Å². The summed E-state index contributed by atoms with van der Waals surface area (Å²) in [5, 5.41) is 9.41. The molecule has 2 N–H and O–H groups in total. The first-order chi connectivity index (χ1) is 25.6. The number of hydrogen-bond donors (Lipinski definition) is 2. The van der Waals surface area contributed by atoms with Crippen LogP contribution < -0.4 is 57.0 Å². The molecule has 3 heterocycles. The third-order valence-electron chi connectivity index (χ3n) is 7.70. The number of nitrogens with zero attached hydrogens (tertiary/aromatic N) is 4. The molecule has 0 bridgehead atoms. The number of halogens is 2. The fourth-order valence-corrected chi connectivity index (χ4v) is 5.44. The summed E-state index contributed by atoms with van der Waals surface area (Å²) >= 11 is 0. The summed E-state index contributed by atoms with van der Waals surface area (Å²) in [6, 6.07) is 37.5. The number of pyridine rings is 2. The fraction of sp³-hybridized carbons (Fsp3) is 0.0526. The largest absolute Gasteiger partial charge is 0.354 e. The molecule has 54 heavy (non-hydrogen) atoms. The first kappa shape index (κ1) is 39.6. The van der Waals surface area contributed by atoms with Crippen molar-refractivity contribution in [2.45, 2.75) is 13.8 Å². The van der Waals surface area contributed by atoms with E-state index in [1.807, 2.05) is 37.0 Å². The highest BCUT2D eigenvalue weighted by Gasteiger charge is 2.17. The fourth-order valence-electron chi connectivity index (χ4n) is 5.44. The molecule has 0 aliphatic carbocycles. The maximum absolute atomic E-state index is 8.49. The van der Waals surface area contributed by atoms with Gasteiger partial charge in [-0.15, -0.1) is 20.5 Å². The van der Waals surface area contributed by atoms with E-state index in [9.17, 15) is 0 Å². The third kappa shape index (κ3) is 11.7. The first-order valence-electron chi connectivity index (χ1n) is 15.9. The van der Waals surface area contributed by atoms with Crippen LogP contribution >= 0.6 is 0 Å². The summed E-state index contributed by atoms with van der Waals surface area (Å²) in [7, 11) is -9.89. The van der Waals surface area contributed by atoms with Crippen molar-refractivity contribution in [1.29, 1.82) is 0 Å². The molecule has 0 unspecified atom stereocenters. The standard InChI is InChI=1S/C38H32N6.2ClHO4/c1-27-15-17-33-35(21-27)41-25-31(43-19-7-11-29-9-3-5-13-37(29)43)24-40-34-18-16-28(2)22-36(34)42-26-32(23-39-33)44-20-8-12-30-10-4-6-14-38(30)44;2*2-1(3,4)5/h3-26,41-42H,1-2H3;2*(H,2,3,4,5)/q+2;;/p-2/b31-25+,32-26+,39-23?,40-24?;;. The van der Waals surface area contributed by atoms with Crippen LogP contribution in [0.2, 0.25) is 0 Å². The smallest absolute Gasteiger partial charge is 0.245 e. The molecule has 4 aromatic carbocycles. The molecule has 0 spiro atoms. The van der Waals surface area contributed by atoms with Gasteiger partial charge < -0.3 is 10.6 Å². The quantitative estimate of drug-likeness (QED) is 0.195. The Kier molecular flexibility index (Phi) is 12.8. The van der Waals surface area contributed by atoms with Crippen LogP contribution in [0.3, 0.4) is 0 Å². The van der Waals surface area contributed by atoms with E-state index in [2.05, 4.69) is 143 Å². The van der Waals surface area contributed by atoms with Crippen molar-refractivity contribution >= 4 is 68.4 Å². The number of para-hydroxylation sites is 2. The normalized spacial score (nSPS) is 14.9. The number of aryl methyl sites for hydroxylation is 2. The van der Waals surface area contributed by atoms with Crippen LogP contribution in [0.15, 0.2) is 144 Å². The zero-order chi connectivity index (χ0) is 38.9. The molecule has 0 fully saturated rings. The van der Waals surface area contributed by atoms with Crippen molar-refractivity contribution < 1.29 is 66.9 Å². The highest BCUT2D eigenvalue weighted by Crippen LogP contribution is 2.29. The van der Waals surface area contributed by atoms with E-state index in [1.165, 1.54) is 0 Å². The second kappa shape index (κ2) is 17.5. The lowest BCUT2D eigenvalue weighted by atomic mass is 10.2. The number of allylic oxidation sites excluding steroid dienone is 2. The summed E-state index contributed by atoms with van der Waals surface area (Å²) in [4.78, 5) is 10.0. The molecule has 6 aromatic rings. The maximum atomic E-state index is 8.49. The number of nitrogens with one attached hydrogen (secondary N) is 2. The van der Waals surface area contributed by atoms with E-state index in [1.54, 1.807) is 0 Å². The second-order valence-electron chi connectivity index (χ2n) is 11.6. The summed E-state index contributed by atoms with van der Waals surface area (Å²) in [5.74, 6) is 0. The van der Waals surface area contributed by atoms with Gasteiger partial charge in [-0.25, -0.2) is 47.3 Å². The number of anilines is 2. The molecule has 0 atom stereocenters. The van der Waals surface area contributed by atoms with Crippen molar-refractivity contribution in [3.63, 3.8) is 0 Å². The molecule has 7 rings (SSSR count). The summed E-state index contributed by atoms with van der Waals surface area (Å²) in [6.45, 7) is 4.17. The maximum Gasteiger partial charge on any atom is 0.245 e. The topological polar surface area (TPSA) is 241 Å². The van der Waals surface area contributed by atoms with Crippen LogP contribution in [0.5, 0.6) is 0 Å². The molecule has 14 nitrogen and oxygen atoms in total. The van der Waals surface area contributed by atoms with Crippen LogP contribution in [0.1, 0.15) is 11.1 Å². The Morgan fingerprint density at radius 2 is 0.833 bits per heavy atom. The van der Waals surface area contributed by atoms with Crippen molar-refractivity contribution in [3.8, 4) is 0 Å². The minimum Gasteiger partial charge on any atom is -0.354 e. The number of hydrogen-bond acceptors (Lipinski definition) is 12. The average Bonchev–Trinajstić information content (AvgIpc) is 3.11. The Morgan fingerprint density at radius 3 is 1.22 bits per heavy atom. The minimum absolute atomic E-state index is 0.825. The van der Waals surface area contributed by atoms with E-state index in [0.29, 0.717) is 0 Å². The second-order valence-corrected chi connectivity index (χ2v) is 13.1. The first-order valence-corrected chi connectivity index (χ1v) is 18.4. The minimum atomic E-state index is -4.94. The van der Waals surface area contributed by atoms with Gasteiger partial charge in [0.1, 0.15) is 12.4 Å². The predicted molar refractivity (Wildman–Crippen MR) is 183 cm³/mol. The van der Waals surface area contributed by atoms with Crippen LogP contribution in [0, 0.1) is 34.3 Å². The van der Waals surface area contributed by atoms with Gasteiger partial charge in [-0.05, 0) is 73.5 Å². The highest BCUT2D eigenvalue weighted by atomic mass is 35.7. The Labute approximate surface area is 314 Å². The number of aromatic nitrogens is 2. The van der Waals surface area contributed by atoms with Crippen LogP contribution in [0.4, 0.5) is 22.7 Å². The van der Waals surface area contributed by atoms with Crippen molar-refractivity contribution in [1.82, 2.24) is 0 Å². The lowest BCUT2D eigenvalue weighted by Gasteiger charge is -2.17. The van der Waals surface area contributed by atoms with E-state index in [-0.39, 0.29) is 0 Å². The number of aliphatic imine (C=N–C) groups is 2. The molecule has 0 saturated carbocycles. The highest BCUT2D eigenvalue weighted by molar-refractivity contribution is 6.03. The molecule has 0 saturated heterocycles. The molecule has 16 heteroatoms. The number of fused-ring (bicyclic) bond motifs is 4. The van der Waals surface area contributed by atoms with E-state index in [0.717, 1.165) is 67.1 Å². The molecule has 2 aromatic heterocycles. The van der Waals surface area contributed by atoms with Crippen LogP contribution in [-0.2, 0) is 0 Å². The van der Waals surface area contributed by atoms with Gasteiger partial charge in [-0.3, -0.25) is 0 Å². The Bertz CT molecular complexity index is 2200. The third-order valence-corrected chi connectivity index (χ3v) is 7.70. The summed E-state index contributed by atoms with van der Waals surface area (Å²) in [5.41, 5.74) is 9.65. The van der Waals surface area contributed by atoms with E-state index < -0.39 is 20.5 Å². The van der Waals surface area contributed by atoms with Crippen molar-refractivity contribution in [3.05, 3.63) is 145 Å². The van der Waals surface area contributed by atoms with Crippen molar-refractivity contribution in [2.24, 2.45) is 9.98 Å². The van der Waals surface area contributed by atoms with E-state index >= 15 is 0 Å². The molecular formula is C38H32Cl2N6O8. The molecule has 1 aliphatic rings. The van der Waals surface area contributed by atoms with Crippen molar-refractivity contribution in [2.75, 3.05) is 10.6 Å². The van der Waals surface area contributed by atoms with Gasteiger partial charge in [0.15, 0.2) is 12.4 Å². The monoisotopic (exact) mass is 770 g/mol. The number of rotatable bonds is 2. The summed E-state index contributed by atoms with van der Waals surface area (Å²) in [6.07, 6.45) is 11.9. The Balaban J connectivity index is 0.000000499. The Hall–Kier alpha value is -5.62. The molecule has 0 amide bonds. The zero-order valence-corrected chi connectivity index (χ0v) is 30.2. The molecule has 1 aliphatic heterocycles. The predicted octanol–water partition coefficient (Wildman–Crippen LogP) is -1.39. The lowest BCUT2D eigenvalue weighted by Crippen LogP contribution is -2.68. The number of benzene rings is 4. The van der Waals surface area contributed by atoms with E-state index in [4.69, 9.17) is 47.3 Å². The molecular weight excluding hydrogens is 739 g/mol. The van der Waals surface area contributed by atoms with Gasteiger partial charge in [0.25, 0.3) is 0 Å². The zero-order valence-electron chi connectivity index (χ0n) is 28.7. The SMILES string of the molecule is Cc1ccc2c(c1)N/C=C(/[n+]1cccc3ccccc31)C=Nc1ccc(C)cc1N/C=C(/[n+]1cccc3ccccc31)C=N2.[O-][Cl+3]([O-])([O-])[O-].[O-][Cl+3]([O-])([O-])[O-]. The Morgan fingerprint density at radius 1 is 0.481 bits per heavy atom. The lowest BCUT2D eigenvalue weighted by molar-refractivity contribution is -2.00.